The Morgan fingerprint density at radius 1 is 0.800 bits per heavy atom. The Balaban J connectivity index is 0.000000201. The molecule has 0 saturated heterocycles. The number of hydrogen-bond donors (Lipinski definition) is 3. The van der Waals surface area contributed by atoms with Gasteiger partial charge >= 0.3 is 0 Å². The van der Waals surface area contributed by atoms with Crippen LogP contribution in [0.4, 0.5) is 11.5 Å². The lowest BCUT2D eigenvalue weighted by Gasteiger charge is -2.15. The number of rotatable bonds is 9. The number of ether oxygens (including phenoxy) is 1. The van der Waals surface area contributed by atoms with Gasteiger partial charge in [0.1, 0.15) is 40.7 Å². The predicted octanol–water partition coefficient (Wildman–Crippen LogP) is 8.90. The number of hydrogen-bond acceptors (Lipinski definition) is 7. The van der Waals surface area contributed by atoms with Crippen molar-refractivity contribution in [2.24, 2.45) is 16.8 Å². The van der Waals surface area contributed by atoms with E-state index in [0.717, 1.165) is 57.7 Å². The molecule has 0 spiro atoms. The molecular weight excluding hydrogens is 584 g/mol. The van der Waals surface area contributed by atoms with Crippen molar-refractivity contribution in [2.45, 2.75) is 86.6 Å². The highest BCUT2D eigenvalue weighted by molar-refractivity contribution is 6.34. The Kier molecular flexibility index (Phi) is 9.77. The minimum Gasteiger partial charge on any atom is -0.495 e. The van der Waals surface area contributed by atoms with Gasteiger partial charge in [-0.05, 0) is 70.9 Å². The van der Waals surface area contributed by atoms with E-state index in [4.69, 9.17) is 16.3 Å². The summed E-state index contributed by atoms with van der Waals surface area (Å²) < 4.78 is 5.62. The molecule has 0 unspecified atom stereocenters. The molecule has 45 heavy (non-hydrogen) atoms. The van der Waals surface area contributed by atoms with Gasteiger partial charge in [0.25, 0.3) is 0 Å². The highest BCUT2D eigenvalue weighted by Gasteiger charge is 2.22. The van der Waals surface area contributed by atoms with Gasteiger partial charge < -0.3 is 20.0 Å². The Bertz CT molecular complexity index is 1830. The predicted molar refractivity (Wildman–Crippen MR) is 186 cm³/mol. The Labute approximate surface area is 270 Å². The quantitative estimate of drug-likeness (QED) is 0.140. The van der Waals surface area contributed by atoms with Crippen LogP contribution in [0.15, 0.2) is 29.8 Å². The average Bonchev–Trinajstić information content (AvgIpc) is 3.67. The topological polar surface area (TPSA) is 117 Å². The van der Waals surface area contributed by atoms with Crippen LogP contribution < -0.4 is 10.1 Å². The van der Waals surface area contributed by atoms with Crippen molar-refractivity contribution in [3.05, 3.63) is 63.6 Å². The molecule has 1 aliphatic heterocycles. The highest BCUT2D eigenvalue weighted by Crippen LogP contribution is 2.38. The largest absolute Gasteiger partial charge is 0.495 e. The first-order valence-electron chi connectivity index (χ1n) is 15.8. The van der Waals surface area contributed by atoms with Crippen LogP contribution in [0.3, 0.4) is 0 Å². The van der Waals surface area contributed by atoms with Crippen molar-refractivity contribution < 1.29 is 4.74 Å². The second kappa shape index (κ2) is 13.6. The maximum atomic E-state index is 6.19. The standard InChI is InChI=1S/C22H27N5O.C13H18ClN3/c1-12(2)6-17-19(13(3)4)20-21(24-11-25-22(20)27-17)26-16-7-14-9-23-10-15(14)8-18(16)28-5;1-7(2)5-9-10(8(3)4)11-12(14)15-6-16-13(11)17-9/h7-9,11-13H,6,10H2,1-5H3,(H2,24,25,26,27);6-8H,5H2,1-4H3,(H,15,16,17). The third-order valence-electron chi connectivity index (χ3n) is 7.96. The normalized spacial score (nSPS) is 12.6. The smallest absolute Gasteiger partial charge is 0.143 e. The number of H-pyrrole nitrogens is 2. The fourth-order valence-corrected chi connectivity index (χ4v) is 6.43. The van der Waals surface area contributed by atoms with Gasteiger partial charge in [-0.3, -0.25) is 4.99 Å². The second-order valence-electron chi connectivity index (χ2n) is 13.2. The number of halogens is 1. The average molecular weight is 629 g/mol. The number of benzene rings is 1. The van der Waals surface area contributed by atoms with Gasteiger partial charge in [-0.15, -0.1) is 0 Å². The molecule has 3 N–H and O–H groups in total. The van der Waals surface area contributed by atoms with Crippen molar-refractivity contribution in [3.8, 4) is 5.75 Å². The number of aliphatic imine (C=N–C) groups is 1. The molecule has 1 aromatic carbocycles. The molecule has 5 aromatic rings. The second-order valence-corrected chi connectivity index (χ2v) is 13.6. The van der Waals surface area contributed by atoms with Crippen molar-refractivity contribution >= 4 is 51.4 Å². The Hall–Kier alpha value is -3.98. The maximum absolute atomic E-state index is 6.19. The van der Waals surface area contributed by atoms with Crippen molar-refractivity contribution in [3.63, 3.8) is 0 Å². The summed E-state index contributed by atoms with van der Waals surface area (Å²) in [5.74, 6) is 3.54. The van der Waals surface area contributed by atoms with Gasteiger partial charge in [0, 0.05) is 17.6 Å². The lowest BCUT2D eigenvalue weighted by molar-refractivity contribution is 0.416. The van der Waals surface area contributed by atoms with E-state index in [1.54, 1.807) is 13.4 Å². The van der Waals surface area contributed by atoms with Gasteiger partial charge in [0.15, 0.2) is 0 Å². The van der Waals surface area contributed by atoms with E-state index in [0.29, 0.717) is 35.4 Å². The molecule has 0 atom stereocenters. The number of methoxy groups -OCH3 is 1. The monoisotopic (exact) mass is 628 g/mol. The highest BCUT2D eigenvalue weighted by atomic mass is 35.5. The van der Waals surface area contributed by atoms with E-state index < -0.39 is 0 Å². The fourth-order valence-electron chi connectivity index (χ4n) is 6.20. The molecule has 0 aliphatic carbocycles. The first kappa shape index (κ1) is 32.4. The summed E-state index contributed by atoms with van der Waals surface area (Å²) in [5, 5.41) is 6.09. The summed E-state index contributed by atoms with van der Waals surface area (Å²) in [7, 11) is 1.69. The van der Waals surface area contributed by atoms with E-state index in [2.05, 4.69) is 102 Å². The summed E-state index contributed by atoms with van der Waals surface area (Å²) in [5.41, 5.74) is 9.95. The van der Waals surface area contributed by atoms with Crippen LogP contribution in [-0.2, 0) is 19.4 Å². The number of fused-ring (bicyclic) bond motifs is 3. The Morgan fingerprint density at radius 3 is 1.96 bits per heavy atom. The lowest BCUT2D eigenvalue weighted by Crippen LogP contribution is -2.02. The molecule has 0 amide bonds. The number of nitrogens with one attached hydrogen (secondary N) is 3. The zero-order chi connectivity index (χ0) is 32.4. The number of anilines is 2. The van der Waals surface area contributed by atoms with Gasteiger partial charge in [-0.1, -0.05) is 67.0 Å². The third-order valence-corrected chi connectivity index (χ3v) is 8.25. The van der Waals surface area contributed by atoms with Crippen molar-refractivity contribution in [1.82, 2.24) is 29.9 Å². The molecule has 0 fully saturated rings. The van der Waals surface area contributed by atoms with E-state index in [-0.39, 0.29) is 0 Å². The summed E-state index contributed by atoms with van der Waals surface area (Å²) in [6.07, 6.45) is 7.02. The summed E-state index contributed by atoms with van der Waals surface area (Å²) in [6.45, 7) is 18.4. The fraction of sp³-hybridized carbons (Fsp3) is 0.457. The van der Waals surface area contributed by atoms with Crippen LogP contribution in [0.25, 0.3) is 22.1 Å². The van der Waals surface area contributed by atoms with Crippen LogP contribution in [0.2, 0.25) is 5.15 Å². The lowest BCUT2D eigenvalue weighted by atomic mass is 9.96. The molecule has 9 nitrogen and oxygen atoms in total. The molecular formula is C35H45ClN8O. The molecule has 5 heterocycles. The summed E-state index contributed by atoms with van der Waals surface area (Å²) in [6, 6.07) is 4.13. The van der Waals surface area contributed by atoms with Crippen LogP contribution in [0.1, 0.15) is 101 Å². The van der Waals surface area contributed by atoms with Gasteiger partial charge in [-0.25, -0.2) is 19.9 Å². The summed E-state index contributed by atoms with van der Waals surface area (Å²) in [4.78, 5) is 28.7. The molecule has 0 saturated carbocycles. The third kappa shape index (κ3) is 6.83. The van der Waals surface area contributed by atoms with Crippen molar-refractivity contribution in [1.29, 1.82) is 0 Å². The van der Waals surface area contributed by atoms with E-state index in [1.807, 2.05) is 12.3 Å². The molecule has 1 aliphatic rings. The minimum absolute atomic E-state index is 0.364. The van der Waals surface area contributed by atoms with Gasteiger partial charge in [0.05, 0.1) is 30.1 Å². The first-order valence-corrected chi connectivity index (χ1v) is 16.2. The maximum Gasteiger partial charge on any atom is 0.143 e. The zero-order valence-electron chi connectivity index (χ0n) is 27.8. The number of nitrogens with zero attached hydrogens (tertiary/aromatic N) is 5. The van der Waals surface area contributed by atoms with Crippen LogP contribution >= 0.6 is 11.6 Å². The SMILES string of the molecule is CC(C)Cc1[nH]c2ncnc(Cl)c2c1C(C)C.COc1cc2c(cc1Nc1ncnc3[nH]c(CC(C)C)c(C(C)C)c13)C=NC2. The Morgan fingerprint density at radius 2 is 1.38 bits per heavy atom. The molecule has 10 heteroatoms. The van der Waals surface area contributed by atoms with E-state index >= 15 is 0 Å². The van der Waals surface area contributed by atoms with Crippen LogP contribution in [0, 0.1) is 11.8 Å². The zero-order valence-corrected chi connectivity index (χ0v) is 28.6. The number of aromatic nitrogens is 6. The molecule has 238 valence electrons. The van der Waals surface area contributed by atoms with Crippen LogP contribution in [0.5, 0.6) is 5.75 Å². The van der Waals surface area contributed by atoms with Gasteiger partial charge in [-0.2, -0.15) is 0 Å². The molecule has 6 rings (SSSR count). The van der Waals surface area contributed by atoms with E-state index in [1.165, 1.54) is 34.4 Å². The van der Waals surface area contributed by atoms with E-state index in [9.17, 15) is 0 Å². The minimum atomic E-state index is 0.364. The summed E-state index contributed by atoms with van der Waals surface area (Å²) >= 11 is 6.19. The van der Waals surface area contributed by atoms with Crippen LogP contribution in [-0.4, -0.2) is 43.2 Å². The molecule has 4 aromatic heterocycles. The van der Waals surface area contributed by atoms with Crippen molar-refractivity contribution in [2.75, 3.05) is 12.4 Å². The first-order chi connectivity index (χ1) is 21.5. The number of aromatic amines is 2. The van der Waals surface area contributed by atoms with Gasteiger partial charge in [0.2, 0.25) is 0 Å². The molecule has 0 radical (unpaired) electrons. The molecule has 0 bridgehead atoms.